The van der Waals surface area contributed by atoms with Gasteiger partial charge in [-0.1, -0.05) is 6.92 Å². The summed E-state index contributed by atoms with van der Waals surface area (Å²) in [5.41, 5.74) is 0.603. The molecule has 1 rings (SSSR count). The van der Waals surface area contributed by atoms with Gasteiger partial charge in [-0.15, -0.1) is 0 Å². The van der Waals surface area contributed by atoms with Crippen molar-refractivity contribution in [1.29, 1.82) is 0 Å². The normalized spacial score (nSPS) is 13.2. The number of rotatable bonds is 6. The largest absolute Gasteiger partial charge is 0.393 e. The van der Waals surface area contributed by atoms with Crippen molar-refractivity contribution < 1.29 is 18.7 Å². The highest BCUT2D eigenvalue weighted by Crippen LogP contribution is 2.18. The number of allylic oxidation sites excluding steroid dienone is 1. The molecule has 1 aromatic rings. The standard InChI is InChI=1S/C15H19F2NO2/c1-3-12(19)6-7-18-15(20)8-10(2)13-5-4-11(16)9-14(13)17/h4-5,8-9,12,19H,3,6-7H2,1-2H3,(H,18,20)/b10-8-. The Morgan fingerprint density at radius 2 is 2.15 bits per heavy atom. The molecule has 0 saturated heterocycles. The smallest absolute Gasteiger partial charge is 0.244 e. The summed E-state index contributed by atoms with van der Waals surface area (Å²) in [6.45, 7) is 3.79. The molecule has 0 aliphatic rings. The van der Waals surface area contributed by atoms with E-state index in [1.807, 2.05) is 6.92 Å². The fraction of sp³-hybridized carbons (Fsp3) is 0.400. The first-order valence-electron chi connectivity index (χ1n) is 6.53. The molecule has 0 aromatic heterocycles. The van der Waals surface area contributed by atoms with Gasteiger partial charge in [-0.05, 0) is 37.5 Å². The predicted molar refractivity (Wildman–Crippen MR) is 73.9 cm³/mol. The first-order valence-corrected chi connectivity index (χ1v) is 6.53. The Balaban J connectivity index is 2.61. The molecule has 5 heteroatoms. The van der Waals surface area contributed by atoms with Crippen LogP contribution >= 0.6 is 0 Å². The van der Waals surface area contributed by atoms with E-state index in [-0.39, 0.29) is 11.5 Å². The van der Waals surface area contributed by atoms with Gasteiger partial charge in [0, 0.05) is 24.3 Å². The van der Waals surface area contributed by atoms with E-state index in [0.29, 0.717) is 25.0 Å². The lowest BCUT2D eigenvalue weighted by atomic mass is 10.1. The summed E-state index contributed by atoms with van der Waals surface area (Å²) in [5, 5.41) is 11.9. The average Bonchev–Trinajstić information content (AvgIpc) is 2.38. The minimum absolute atomic E-state index is 0.190. The number of nitrogens with one attached hydrogen (secondary N) is 1. The SMILES string of the molecule is CCC(O)CCNC(=O)/C=C(/C)c1ccc(F)cc1F. The van der Waals surface area contributed by atoms with Crippen molar-refractivity contribution in [2.24, 2.45) is 0 Å². The van der Waals surface area contributed by atoms with Gasteiger partial charge in [-0.25, -0.2) is 8.78 Å². The Labute approximate surface area is 117 Å². The lowest BCUT2D eigenvalue weighted by molar-refractivity contribution is -0.116. The fourth-order valence-electron chi connectivity index (χ4n) is 1.70. The second-order valence-corrected chi connectivity index (χ2v) is 4.59. The molecule has 0 aliphatic carbocycles. The van der Waals surface area contributed by atoms with E-state index in [1.54, 1.807) is 6.92 Å². The van der Waals surface area contributed by atoms with Gasteiger partial charge in [-0.3, -0.25) is 4.79 Å². The van der Waals surface area contributed by atoms with Gasteiger partial charge in [0.25, 0.3) is 0 Å². The zero-order valence-corrected chi connectivity index (χ0v) is 11.6. The van der Waals surface area contributed by atoms with Crippen LogP contribution in [0.2, 0.25) is 0 Å². The van der Waals surface area contributed by atoms with Crippen molar-refractivity contribution in [3.8, 4) is 0 Å². The minimum atomic E-state index is -0.701. The third kappa shape index (κ3) is 5.09. The van der Waals surface area contributed by atoms with E-state index >= 15 is 0 Å². The monoisotopic (exact) mass is 283 g/mol. The van der Waals surface area contributed by atoms with Gasteiger partial charge in [0.05, 0.1) is 6.10 Å². The second-order valence-electron chi connectivity index (χ2n) is 4.59. The van der Waals surface area contributed by atoms with Crippen LogP contribution in [-0.2, 0) is 4.79 Å². The molecule has 0 fully saturated rings. The van der Waals surface area contributed by atoms with Crippen LogP contribution < -0.4 is 5.32 Å². The Kier molecular flexibility index (Phi) is 6.31. The van der Waals surface area contributed by atoms with Gasteiger partial charge in [0.1, 0.15) is 11.6 Å². The van der Waals surface area contributed by atoms with Crippen molar-refractivity contribution in [2.45, 2.75) is 32.8 Å². The molecule has 0 bridgehead atoms. The fourth-order valence-corrected chi connectivity index (χ4v) is 1.70. The molecule has 20 heavy (non-hydrogen) atoms. The summed E-state index contributed by atoms with van der Waals surface area (Å²) in [6, 6.07) is 3.22. The van der Waals surface area contributed by atoms with Crippen LogP contribution in [0, 0.1) is 11.6 Å². The summed E-state index contributed by atoms with van der Waals surface area (Å²) in [4.78, 5) is 11.6. The van der Waals surface area contributed by atoms with Gasteiger partial charge in [0.15, 0.2) is 0 Å². The van der Waals surface area contributed by atoms with E-state index in [9.17, 15) is 18.7 Å². The number of halogens is 2. The van der Waals surface area contributed by atoms with Gasteiger partial charge >= 0.3 is 0 Å². The van der Waals surface area contributed by atoms with E-state index < -0.39 is 17.7 Å². The lowest BCUT2D eigenvalue weighted by Gasteiger charge is -2.08. The van der Waals surface area contributed by atoms with Gasteiger partial charge in [-0.2, -0.15) is 0 Å². The molecule has 1 aromatic carbocycles. The van der Waals surface area contributed by atoms with Crippen molar-refractivity contribution in [1.82, 2.24) is 5.32 Å². The maximum Gasteiger partial charge on any atom is 0.244 e. The number of hydrogen-bond donors (Lipinski definition) is 2. The van der Waals surface area contributed by atoms with Crippen molar-refractivity contribution in [2.75, 3.05) is 6.54 Å². The van der Waals surface area contributed by atoms with E-state index in [4.69, 9.17) is 0 Å². The van der Waals surface area contributed by atoms with Crippen LogP contribution in [0.1, 0.15) is 32.3 Å². The Bertz CT molecular complexity index is 501. The number of aliphatic hydroxyl groups is 1. The van der Waals surface area contributed by atoms with E-state index in [0.717, 1.165) is 12.1 Å². The highest BCUT2D eigenvalue weighted by molar-refractivity contribution is 5.94. The summed E-state index contributed by atoms with van der Waals surface area (Å²) < 4.78 is 26.3. The first-order chi connectivity index (χ1) is 9.43. The maximum atomic E-state index is 13.5. The van der Waals surface area contributed by atoms with Gasteiger partial charge in [0.2, 0.25) is 5.91 Å². The third-order valence-electron chi connectivity index (χ3n) is 2.95. The van der Waals surface area contributed by atoms with Crippen molar-refractivity contribution >= 4 is 11.5 Å². The third-order valence-corrected chi connectivity index (χ3v) is 2.95. The highest BCUT2D eigenvalue weighted by Gasteiger charge is 2.07. The molecule has 1 amide bonds. The Morgan fingerprint density at radius 3 is 2.75 bits per heavy atom. The molecule has 1 atom stereocenters. The second kappa shape index (κ2) is 7.75. The number of aliphatic hydroxyl groups excluding tert-OH is 1. The summed E-state index contributed by atoms with van der Waals surface area (Å²) >= 11 is 0. The van der Waals surface area contributed by atoms with Crippen LogP contribution in [0.5, 0.6) is 0 Å². The molecule has 0 aliphatic heterocycles. The number of carbonyl (C=O) groups excluding carboxylic acids is 1. The quantitative estimate of drug-likeness (QED) is 0.789. The molecule has 1 unspecified atom stereocenters. The molecule has 0 radical (unpaired) electrons. The maximum absolute atomic E-state index is 13.5. The molecule has 0 heterocycles. The molecule has 2 N–H and O–H groups in total. The van der Waals surface area contributed by atoms with Crippen LogP contribution in [0.3, 0.4) is 0 Å². The van der Waals surface area contributed by atoms with Crippen LogP contribution in [-0.4, -0.2) is 23.7 Å². The van der Waals surface area contributed by atoms with Crippen molar-refractivity contribution in [3.05, 3.63) is 41.5 Å². The molecular formula is C15H19F2NO2. The summed E-state index contributed by atoms with van der Waals surface area (Å²) in [5.74, 6) is -1.72. The molecule has 110 valence electrons. The summed E-state index contributed by atoms with van der Waals surface area (Å²) in [7, 11) is 0. The lowest BCUT2D eigenvalue weighted by Crippen LogP contribution is -2.25. The molecular weight excluding hydrogens is 264 g/mol. The molecule has 3 nitrogen and oxygen atoms in total. The van der Waals surface area contributed by atoms with E-state index in [2.05, 4.69) is 5.32 Å². The number of benzene rings is 1. The Morgan fingerprint density at radius 1 is 1.45 bits per heavy atom. The zero-order valence-electron chi connectivity index (χ0n) is 11.6. The van der Waals surface area contributed by atoms with Crippen LogP contribution in [0.4, 0.5) is 8.78 Å². The van der Waals surface area contributed by atoms with E-state index in [1.165, 1.54) is 12.1 Å². The number of amides is 1. The first kappa shape index (κ1) is 16.3. The number of carbonyl (C=O) groups is 1. The number of hydrogen-bond acceptors (Lipinski definition) is 2. The van der Waals surface area contributed by atoms with Crippen molar-refractivity contribution in [3.63, 3.8) is 0 Å². The summed E-state index contributed by atoms with van der Waals surface area (Å²) in [6.07, 6.45) is 1.93. The topological polar surface area (TPSA) is 49.3 Å². The van der Waals surface area contributed by atoms with Gasteiger partial charge < -0.3 is 10.4 Å². The highest BCUT2D eigenvalue weighted by atomic mass is 19.1. The molecule has 0 spiro atoms. The zero-order chi connectivity index (χ0) is 15.1. The average molecular weight is 283 g/mol. The predicted octanol–water partition coefficient (Wildman–Crippen LogP) is 2.65. The Hall–Kier alpha value is -1.75. The van der Waals surface area contributed by atoms with Crippen LogP contribution in [0.15, 0.2) is 24.3 Å². The van der Waals surface area contributed by atoms with Crippen LogP contribution in [0.25, 0.3) is 5.57 Å². The molecule has 0 saturated carbocycles. The minimum Gasteiger partial charge on any atom is -0.393 e.